The van der Waals surface area contributed by atoms with Crippen LogP contribution in [0.4, 0.5) is 0 Å². The van der Waals surface area contributed by atoms with Gasteiger partial charge in [0.05, 0.1) is 17.6 Å². The second-order valence-corrected chi connectivity index (χ2v) is 8.43. The number of nitrogens with one attached hydrogen (secondary N) is 3. The molecular weight excluding hydrogens is 392 g/mol. The number of amides is 1. The van der Waals surface area contributed by atoms with Crippen LogP contribution < -0.4 is 20.1 Å². The van der Waals surface area contributed by atoms with E-state index in [1.54, 1.807) is 0 Å². The van der Waals surface area contributed by atoms with Gasteiger partial charge < -0.3 is 25.1 Å². The molecule has 0 radical (unpaired) electrons. The third-order valence-corrected chi connectivity index (χ3v) is 4.49. The molecular formula is C24H32N4O3. The molecule has 7 nitrogen and oxygen atoms in total. The average Bonchev–Trinajstić information content (AvgIpc) is 3.12. The van der Waals surface area contributed by atoms with Crippen molar-refractivity contribution in [2.75, 3.05) is 19.8 Å². The van der Waals surface area contributed by atoms with Crippen LogP contribution in [0.3, 0.4) is 0 Å². The van der Waals surface area contributed by atoms with Gasteiger partial charge in [-0.25, -0.2) is 4.98 Å². The van der Waals surface area contributed by atoms with Gasteiger partial charge in [-0.2, -0.15) is 0 Å². The molecule has 7 heteroatoms. The summed E-state index contributed by atoms with van der Waals surface area (Å²) in [6.45, 7) is 9.71. The molecule has 0 bridgehead atoms. The van der Waals surface area contributed by atoms with E-state index < -0.39 is 0 Å². The maximum atomic E-state index is 12.0. The molecule has 0 aliphatic rings. The van der Waals surface area contributed by atoms with E-state index in [2.05, 4.69) is 20.6 Å². The van der Waals surface area contributed by atoms with Crippen molar-refractivity contribution in [3.05, 3.63) is 53.9 Å². The van der Waals surface area contributed by atoms with Crippen molar-refractivity contribution < 1.29 is 14.3 Å². The molecule has 0 atom stereocenters. The molecule has 1 aromatic heterocycles. The normalized spacial score (nSPS) is 11.5. The number of H-pyrrole nitrogens is 1. The van der Waals surface area contributed by atoms with Crippen LogP contribution in [-0.4, -0.2) is 41.2 Å². The predicted molar refractivity (Wildman–Crippen MR) is 123 cm³/mol. The first-order valence-electron chi connectivity index (χ1n) is 10.7. The Kier molecular flexibility index (Phi) is 7.52. The number of carbonyl (C=O) groups is 1. The van der Waals surface area contributed by atoms with E-state index in [1.807, 2.05) is 70.2 Å². The number of aromatic nitrogens is 2. The fourth-order valence-electron chi connectivity index (χ4n) is 3.21. The van der Waals surface area contributed by atoms with Gasteiger partial charge in [-0.15, -0.1) is 0 Å². The number of fused-ring (bicyclic) bond motifs is 1. The van der Waals surface area contributed by atoms with E-state index >= 15 is 0 Å². The summed E-state index contributed by atoms with van der Waals surface area (Å²) < 4.78 is 11.4. The van der Waals surface area contributed by atoms with Crippen LogP contribution in [0.15, 0.2) is 42.5 Å². The van der Waals surface area contributed by atoms with Gasteiger partial charge in [0.2, 0.25) is 0 Å². The van der Waals surface area contributed by atoms with Crippen LogP contribution in [0.1, 0.15) is 39.1 Å². The minimum atomic E-state index is -0.291. The number of para-hydroxylation sites is 2. The molecule has 0 aliphatic heterocycles. The summed E-state index contributed by atoms with van der Waals surface area (Å²) in [5, 5.41) is 6.32. The van der Waals surface area contributed by atoms with Crippen LogP contribution in [-0.2, 0) is 17.8 Å². The smallest absolute Gasteiger partial charge is 0.258 e. The standard InChI is InChI=1S/C24H32N4O3/c1-5-30-21-14-17(10-11-20(21)31-16-23(29)28-24(2,3)4)15-25-13-12-22-26-18-8-6-7-9-19(18)27-22/h6-11,14,25H,5,12-13,15-16H2,1-4H3,(H,26,27)(H,28,29). The highest BCUT2D eigenvalue weighted by atomic mass is 16.5. The summed E-state index contributed by atoms with van der Waals surface area (Å²) in [6, 6.07) is 13.8. The Morgan fingerprint density at radius 3 is 2.65 bits per heavy atom. The van der Waals surface area contributed by atoms with E-state index in [0.29, 0.717) is 24.7 Å². The molecule has 166 valence electrons. The highest BCUT2D eigenvalue weighted by Gasteiger charge is 2.15. The number of nitrogens with zero attached hydrogens (tertiary/aromatic N) is 1. The number of carbonyl (C=O) groups excluding carboxylic acids is 1. The zero-order valence-electron chi connectivity index (χ0n) is 18.7. The topological polar surface area (TPSA) is 88.3 Å². The van der Waals surface area contributed by atoms with E-state index in [-0.39, 0.29) is 18.1 Å². The van der Waals surface area contributed by atoms with Gasteiger partial charge >= 0.3 is 0 Å². The molecule has 0 unspecified atom stereocenters. The Morgan fingerprint density at radius 2 is 1.90 bits per heavy atom. The van der Waals surface area contributed by atoms with Gasteiger partial charge in [-0.3, -0.25) is 4.79 Å². The zero-order chi connectivity index (χ0) is 22.3. The monoisotopic (exact) mass is 424 g/mol. The molecule has 1 amide bonds. The van der Waals surface area contributed by atoms with Gasteiger partial charge in [0.25, 0.3) is 5.91 Å². The second-order valence-electron chi connectivity index (χ2n) is 8.43. The molecule has 0 saturated heterocycles. The van der Waals surface area contributed by atoms with Crippen molar-refractivity contribution in [1.82, 2.24) is 20.6 Å². The molecule has 1 heterocycles. The lowest BCUT2D eigenvalue weighted by molar-refractivity contribution is -0.124. The third-order valence-electron chi connectivity index (χ3n) is 4.49. The van der Waals surface area contributed by atoms with Gasteiger partial charge in [0, 0.05) is 25.0 Å². The molecule has 0 fully saturated rings. The van der Waals surface area contributed by atoms with Gasteiger partial charge in [0.1, 0.15) is 5.82 Å². The Hall–Kier alpha value is -3.06. The summed E-state index contributed by atoms with van der Waals surface area (Å²) in [5.74, 6) is 2.02. The molecule has 0 aliphatic carbocycles. The van der Waals surface area contributed by atoms with Crippen LogP contribution in [0.25, 0.3) is 11.0 Å². The first-order chi connectivity index (χ1) is 14.8. The number of hydrogen-bond acceptors (Lipinski definition) is 5. The highest BCUT2D eigenvalue weighted by molar-refractivity contribution is 5.78. The van der Waals surface area contributed by atoms with Crippen LogP contribution in [0.5, 0.6) is 11.5 Å². The first-order valence-corrected chi connectivity index (χ1v) is 10.7. The summed E-state index contributed by atoms with van der Waals surface area (Å²) in [5.41, 5.74) is 2.84. The van der Waals surface area contributed by atoms with Crippen molar-refractivity contribution in [2.24, 2.45) is 0 Å². The lowest BCUT2D eigenvalue weighted by Gasteiger charge is -2.21. The Bertz CT molecular complexity index is 974. The van der Waals surface area contributed by atoms with E-state index in [9.17, 15) is 4.79 Å². The molecule has 3 rings (SSSR count). The molecule has 3 aromatic rings. The number of rotatable bonds is 10. The SMILES string of the molecule is CCOc1cc(CNCCc2nc3ccccc3[nH]2)ccc1OCC(=O)NC(C)(C)C. The van der Waals surface area contributed by atoms with Crippen LogP contribution in [0, 0.1) is 0 Å². The Labute approximate surface area is 183 Å². The van der Waals surface area contributed by atoms with Crippen molar-refractivity contribution in [3.8, 4) is 11.5 Å². The lowest BCUT2D eigenvalue weighted by Crippen LogP contribution is -2.43. The van der Waals surface area contributed by atoms with Gasteiger partial charge in [-0.1, -0.05) is 18.2 Å². The molecule has 2 aromatic carbocycles. The fourth-order valence-corrected chi connectivity index (χ4v) is 3.21. The van der Waals surface area contributed by atoms with Crippen molar-refractivity contribution >= 4 is 16.9 Å². The number of imidazole rings is 1. The van der Waals surface area contributed by atoms with Crippen LogP contribution >= 0.6 is 0 Å². The van der Waals surface area contributed by atoms with E-state index in [4.69, 9.17) is 9.47 Å². The Morgan fingerprint density at radius 1 is 1.10 bits per heavy atom. The van der Waals surface area contributed by atoms with Crippen LogP contribution in [0.2, 0.25) is 0 Å². The van der Waals surface area contributed by atoms with Gasteiger partial charge in [-0.05, 0) is 57.5 Å². The summed E-state index contributed by atoms with van der Waals surface area (Å²) in [7, 11) is 0. The maximum absolute atomic E-state index is 12.0. The van der Waals surface area contributed by atoms with Crippen molar-refractivity contribution in [2.45, 2.75) is 46.2 Å². The highest BCUT2D eigenvalue weighted by Crippen LogP contribution is 2.28. The molecule has 3 N–H and O–H groups in total. The van der Waals surface area contributed by atoms with Crippen molar-refractivity contribution in [3.63, 3.8) is 0 Å². The first kappa shape index (κ1) is 22.6. The second kappa shape index (κ2) is 10.3. The molecule has 31 heavy (non-hydrogen) atoms. The molecule has 0 spiro atoms. The van der Waals surface area contributed by atoms with Gasteiger partial charge in [0.15, 0.2) is 18.1 Å². The minimum absolute atomic E-state index is 0.0492. The third kappa shape index (κ3) is 7.00. The zero-order valence-corrected chi connectivity index (χ0v) is 18.7. The van der Waals surface area contributed by atoms with Crippen molar-refractivity contribution in [1.29, 1.82) is 0 Å². The summed E-state index contributed by atoms with van der Waals surface area (Å²) in [6.07, 6.45) is 0.817. The number of ether oxygens (including phenoxy) is 2. The van der Waals surface area contributed by atoms with E-state index in [1.165, 1.54) is 0 Å². The maximum Gasteiger partial charge on any atom is 0.258 e. The summed E-state index contributed by atoms with van der Waals surface area (Å²) in [4.78, 5) is 20.0. The lowest BCUT2D eigenvalue weighted by atomic mass is 10.1. The fraction of sp³-hybridized carbons (Fsp3) is 0.417. The average molecular weight is 425 g/mol. The van der Waals surface area contributed by atoms with E-state index in [0.717, 1.165) is 35.4 Å². The minimum Gasteiger partial charge on any atom is -0.490 e. The quantitative estimate of drug-likeness (QED) is 0.433. The largest absolute Gasteiger partial charge is 0.490 e. The number of benzene rings is 2. The predicted octanol–water partition coefficient (Wildman–Crippen LogP) is 3.59. The number of hydrogen-bond donors (Lipinski definition) is 3. The Balaban J connectivity index is 1.51. The molecule has 0 saturated carbocycles. The number of aromatic amines is 1. The summed E-state index contributed by atoms with van der Waals surface area (Å²) >= 11 is 0.